The third-order valence-electron chi connectivity index (χ3n) is 4.16. The Labute approximate surface area is 133 Å². The average molecular weight is 315 g/mol. The minimum atomic E-state index is 0. The van der Waals surface area contributed by atoms with Crippen molar-refractivity contribution in [3.05, 3.63) is 17.5 Å². The minimum absolute atomic E-state index is 0. The summed E-state index contributed by atoms with van der Waals surface area (Å²) in [5.74, 6) is 0.855. The molecule has 1 amide bonds. The molecule has 120 valence electrons. The van der Waals surface area contributed by atoms with Crippen molar-refractivity contribution in [2.45, 2.75) is 52.6 Å². The third-order valence-corrected chi connectivity index (χ3v) is 4.16. The maximum absolute atomic E-state index is 12.8. The van der Waals surface area contributed by atoms with Crippen molar-refractivity contribution in [2.24, 2.45) is 11.7 Å². The first-order valence-corrected chi connectivity index (χ1v) is 7.56. The zero-order chi connectivity index (χ0) is 14.9. The summed E-state index contributed by atoms with van der Waals surface area (Å²) in [6, 6.07) is 2.21. The second-order valence-corrected chi connectivity index (χ2v) is 6.07. The predicted molar refractivity (Wildman–Crippen MR) is 86.9 cm³/mol. The molecule has 0 saturated carbocycles. The first-order chi connectivity index (χ1) is 9.47. The van der Waals surface area contributed by atoms with Crippen LogP contribution in [0.15, 0.2) is 6.07 Å². The van der Waals surface area contributed by atoms with Gasteiger partial charge in [0, 0.05) is 19.1 Å². The summed E-state index contributed by atoms with van der Waals surface area (Å²) in [5, 5.41) is 4.53. The smallest absolute Gasteiger partial charge is 0.272 e. The lowest BCUT2D eigenvalue weighted by molar-refractivity contribution is 0.0731. The summed E-state index contributed by atoms with van der Waals surface area (Å²) < 4.78 is 1.82. The van der Waals surface area contributed by atoms with Crippen molar-refractivity contribution < 1.29 is 4.79 Å². The van der Waals surface area contributed by atoms with Crippen LogP contribution in [0.4, 0.5) is 0 Å². The topological polar surface area (TPSA) is 64.2 Å². The Morgan fingerprint density at radius 3 is 2.67 bits per heavy atom. The van der Waals surface area contributed by atoms with Crippen LogP contribution >= 0.6 is 12.4 Å². The number of aryl methyl sites for hydroxylation is 1. The largest absolute Gasteiger partial charge is 0.334 e. The number of carbonyl (C=O) groups excluding carboxylic acids is 1. The summed E-state index contributed by atoms with van der Waals surface area (Å²) >= 11 is 0. The number of rotatable bonds is 4. The quantitative estimate of drug-likeness (QED) is 0.927. The zero-order valence-electron chi connectivity index (χ0n) is 13.4. The van der Waals surface area contributed by atoms with Gasteiger partial charge in [-0.3, -0.25) is 9.48 Å². The van der Waals surface area contributed by atoms with E-state index in [1.807, 2.05) is 22.6 Å². The van der Waals surface area contributed by atoms with Gasteiger partial charge in [0.25, 0.3) is 5.91 Å². The van der Waals surface area contributed by atoms with Crippen LogP contribution in [0.5, 0.6) is 0 Å². The van der Waals surface area contributed by atoms with Crippen LogP contribution in [0.1, 0.15) is 56.2 Å². The predicted octanol–water partition coefficient (Wildman–Crippen LogP) is 2.26. The fraction of sp³-hybridized carbons (Fsp3) is 0.733. The summed E-state index contributed by atoms with van der Waals surface area (Å²) in [6.07, 6.45) is 1.000. The summed E-state index contributed by atoms with van der Waals surface area (Å²) in [7, 11) is 0. The van der Waals surface area contributed by atoms with Gasteiger partial charge in [-0.2, -0.15) is 5.10 Å². The number of carbonyl (C=O) groups is 1. The molecule has 2 unspecified atom stereocenters. The molecule has 1 fully saturated rings. The highest BCUT2D eigenvalue weighted by molar-refractivity contribution is 5.93. The van der Waals surface area contributed by atoms with E-state index in [1.165, 1.54) is 0 Å². The van der Waals surface area contributed by atoms with Crippen molar-refractivity contribution in [1.29, 1.82) is 0 Å². The highest BCUT2D eigenvalue weighted by atomic mass is 35.5. The van der Waals surface area contributed by atoms with Crippen LogP contribution in [0.3, 0.4) is 0 Å². The van der Waals surface area contributed by atoms with Crippen molar-refractivity contribution in [3.63, 3.8) is 0 Å². The molecule has 2 N–H and O–H groups in total. The fourth-order valence-corrected chi connectivity index (χ4v) is 2.88. The molecule has 1 aromatic heterocycles. The number of halogens is 1. The average Bonchev–Trinajstić information content (AvgIpc) is 3.01. The number of aromatic nitrogens is 2. The second-order valence-electron chi connectivity index (χ2n) is 6.07. The molecule has 2 rings (SSSR count). The van der Waals surface area contributed by atoms with E-state index in [2.05, 4.69) is 25.9 Å². The number of nitrogens with zero attached hydrogens (tertiary/aromatic N) is 3. The molecule has 2 atom stereocenters. The van der Waals surface area contributed by atoms with E-state index >= 15 is 0 Å². The zero-order valence-corrected chi connectivity index (χ0v) is 14.2. The number of likely N-dealkylation sites (tertiary alicyclic amines) is 1. The Hall–Kier alpha value is -1.07. The number of amides is 1. The molecule has 0 aliphatic carbocycles. The van der Waals surface area contributed by atoms with Gasteiger partial charge in [-0.25, -0.2) is 0 Å². The van der Waals surface area contributed by atoms with Crippen LogP contribution in [0.2, 0.25) is 0 Å². The highest BCUT2D eigenvalue weighted by Crippen LogP contribution is 2.25. The Kier molecular flexibility index (Phi) is 6.23. The van der Waals surface area contributed by atoms with Gasteiger partial charge in [-0.1, -0.05) is 13.8 Å². The molecule has 1 saturated heterocycles. The van der Waals surface area contributed by atoms with E-state index in [-0.39, 0.29) is 24.4 Å². The minimum Gasteiger partial charge on any atom is -0.334 e. The first-order valence-electron chi connectivity index (χ1n) is 7.56. The molecule has 0 bridgehead atoms. The van der Waals surface area contributed by atoms with Gasteiger partial charge in [-0.05, 0) is 44.7 Å². The van der Waals surface area contributed by atoms with Gasteiger partial charge in [0.05, 0.1) is 5.69 Å². The summed E-state index contributed by atoms with van der Waals surface area (Å²) in [6.45, 7) is 10.4. The molecule has 21 heavy (non-hydrogen) atoms. The maximum Gasteiger partial charge on any atom is 0.272 e. The SMILES string of the molecule is CCn1nc(C(C)C)cc1C(=O)N1CC(CN)CC1C.Cl. The van der Waals surface area contributed by atoms with E-state index in [4.69, 9.17) is 5.73 Å². The van der Waals surface area contributed by atoms with E-state index in [0.717, 1.165) is 25.2 Å². The van der Waals surface area contributed by atoms with Gasteiger partial charge in [-0.15, -0.1) is 12.4 Å². The van der Waals surface area contributed by atoms with Crippen LogP contribution in [-0.4, -0.2) is 39.7 Å². The van der Waals surface area contributed by atoms with Crippen LogP contribution in [0, 0.1) is 5.92 Å². The molecule has 2 heterocycles. The van der Waals surface area contributed by atoms with Gasteiger partial charge in [0.1, 0.15) is 5.69 Å². The Morgan fingerprint density at radius 2 is 2.19 bits per heavy atom. The van der Waals surface area contributed by atoms with E-state index in [9.17, 15) is 4.79 Å². The number of hydrogen-bond acceptors (Lipinski definition) is 3. The van der Waals surface area contributed by atoms with Gasteiger partial charge < -0.3 is 10.6 Å². The molecule has 0 aromatic carbocycles. The molecular weight excluding hydrogens is 288 g/mol. The Morgan fingerprint density at radius 1 is 1.52 bits per heavy atom. The lowest BCUT2D eigenvalue weighted by Gasteiger charge is -2.21. The van der Waals surface area contributed by atoms with E-state index in [1.54, 1.807) is 0 Å². The number of hydrogen-bond donors (Lipinski definition) is 1. The van der Waals surface area contributed by atoms with Gasteiger partial charge >= 0.3 is 0 Å². The van der Waals surface area contributed by atoms with Crippen LogP contribution in [-0.2, 0) is 6.54 Å². The van der Waals surface area contributed by atoms with Crippen LogP contribution in [0.25, 0.3) is 0 Å². The Balaban J connectivity index is 0.00000220. The Bertz CT molecular complexity index is 486. The standard InChI is InChI=1S/C15H26N4O.ClH/c1-5-19-14(7-13(17-19)10(2)3)15(20)18-9-12(8-16)6-11(18)4;/h7,10-12H,5-6,8-9,16H2,1-4H3;1H. The molecule has 1 aliphatic rings. The molecule has 1 aliphatic heterocycles. The van der Waals surface area contributed by atoms with Crippen molar-refractivity contribution in [1.82, 2.24) is 14.7 Å². The molecule has 5 nitrogen and oxygen atoms in total. The van der Waals surface area contributed by atoms with Gasteiger partial charge in [0.2, 0.25) is 0 Å². The third kappa shape index (κ3) is 3.58. The maximum atomic E-state index is 12.8. The molecule has 1 aromatic rings. The van der Waals surface area contributed by atoms with E-state index in [0.29, 0.717) is 24.1 Å². The summed E-state index contributed by atoms with van der Waals surface area (Å²) in [5.41, 5.74) is 7.43. The van der Waals surface area contributed by atoms with Crippen LogP contribution < -0.4 is 5.73 Å². The van der Waals surface area contributed by atoms with Crippen molar-refractivity contribution in [3.8, 4) is 0 Å². The molecule has 0 radical (unpaired) electrons. The molecule has 6 heteroatoms. The normalized spacial score (nSPS) is 21.7. The molecule has 0 spiro atoms. The summed E-state index contributed by atoms with van der Waals surface area (Å²) in [4.78, 5) is 14.7. The number of nitrogens with two attached hydrogens (primary N) is 1. The highest BCUT2D eigenvalue weighted by Gasteiger charge is 2.33. The van der Waals surface area contributed by atoms with Gasteiger partial charge in [0.15, 0.2) is 0 Å². The lowest BCUT2D eigenvalue weighted by Crippen LogP contribution is -2.35. The van der Waals surface area contributed by atoms with E-state index < -0.39 is 0 Å². The monoisotopic (exact) mass is 314 g/mol. The lowest BCUT2D eigenvalue weighted by atomic mass is 10.1. The van der Waals surface area contributed by atoms with Crippen molar-refractivity contribution >= 4 is 18.3 Å². The fourth-order valence-electron chi connectivity index (χ4n) is 2.88. The molecular formula is C15H27ClN4O. The second kappa shape index (κ2) is 7.27. The van der Waals surface area contributed by atoms with Crippen molar-refractivity contribution in [2.75, 3.05) is 13.1 Å². The first kappa shape index (κ1) is 18.0.